The van der Waals surface area contributed by atoms with Crippen LogP contribution in [0.3, 0.4) is 0 Å². The van der Waals surface area contributed by atoms with Crippen molar-refractivity contribution >= 4 is 17.2 Å². The Bertz CT molecular complexity index is 511. The molecule has 1 fully saturated rings. The lowest BCUT2D eigenvalue weighted by Crippen LogP contribution is -2.35. The van der Waals surface area contributed by atoms with Crippen molar-refractivity contribution in [2.24, 2.45) is 5.92 Å². The molecular weight excluding hydrogens is 266 g/mol. The first kappa shape index (κ1) is 12.7. The van der Waals surface area contributed by atoms with Crippen molar-refractivity contribution in [2.75, 3.05) is 26.3 Å². The fourth-order valence-electron chi connectivity index (χ4n) is 2.44. The Morgan fingerprint density at radius 1 is 1.53 bits per heavy atom. The van der Waals surface area contributed by atoms with Crippen molar-refractivity contribution < 1.29 is 19.4 Å². The monoisotopic (exact) mass is 283 g/mol. The molecule has 0 unspecified atom stereocenters. The number of likely N-dealkylation sites (tertiary alicyclic amines) is 1. The number of β-amino-alcohol motifs (C(OH)–C–C–N with tert-alkyl or cyclic N) is 1. The molecule has 0 spiro atoms. The van der Waals surface area contributed by atoms with Gasteiger partial charge in [-0.2, -0.15) is 0 Å². The largest absolute Gasteiger partial charge is 0.485 e. The Balaban J connectivity index is 1.84. The number of amides is 1. The topological polar surface area (TPSA) is 59.0 Å². The van der Waals surface area contributed by atoms with Gasteiger partial charge in [-0.3, -0.25) is 4.79 Å². The quantitative estimate of drug-likeness (QED) is 0.845. The average molecular weight is 283 g/mol. The minimum Gasteiger partial charge on any atom is -0.485 e. The summed E-state index contributed by atoms with van der Waals surface area (Å²) in [6.45, 7) is 5.65. The van der Waals surface area contributed by atoms with Crippen LogP contribution in [0.4, 0.5) is 0 Å². The highest BCUT2D eigenvalue weighted by atomic mass is 32.1. The van der Waals surface area contributed by atoms with Crippen molar-refractivity contribution in [1.82, 2.24) is 4.90 Å². The first-order valence-corrected chi connectivity index (χ1v) is 7.26. The number of nitrogens with zero attached hydrogens (tertiary/aromatic N) is 1. The minimum absolute atomic E-state index is 0.0735. The molecule has 5 nitrogen and oxygen atoms in total. The summed E-state index contributed by atoms with van der Waals surface area (Å²) in [6, 6.07) is 0. The Hall–Kier alpha value is -1.27. The molecule has 2 aliphatic heterocycles. The van der Waals surface area contributed by atoms with Crippen LogP contribution in [-0.4, -0.2) is 47.8 Å². The van der Waals surface area contributed by atoms with Crippen LogP contribution < -0.4 is 9.47 Å². The van der Waals surface area contributed by atoms with Gasteiger partial charge in [0.25, 0.3) is 5.91 Å². The van der Waals surface area contributed by atoms with Crippen LogP contribution >= 0.6 is 11.3 Å². The van der Waals surface area contributed by atoms with Crippen LogP contribution in [0.2, 0.25) is 0 Å². The van der Waals surface area contributed by atoms with Gasteiger partial charge in [-0.05, 0) is 6.92 Å². The van der Waals surface area contributed by atoms with Gasteiger partial charge in [0.05, 0.1) is 5.60 Å². The second kappa shape index (κ2) is 4.38. The number of fused-ring (bicyclic) bond motifs is 1. The van der Waals surface area contributed by atoms with E-state index in [2.05, 4.69) is 0 Å². The highest BCUT2D eigenvalue weighted by molar-refractivity contribution is 7.12. The number of aliphatic hydroxyl groups is 1. The van der Waals surface area contributed by atoms with Gasteiger partial charge < -0.3 is 19.5 Å². The summed E-state index contributed by atoms with van der Waals surface area (Å²) < 4.78 is 11.0. The van der Waals surface area contributed by atoms with E-state index in [1.54, 1.807) is 17.2 Å². The predicted octanol–water partition coefficient (Wildman–Crippen LogP) is 1.36. The highest BCUT2D eigenvalue weighted by Crippen LogP contribution is 2.41. The highest BCUT2D eigenvalue weighted by Gasteiger charge is 2.42. The van der Waals surface area contributed by atoms with Crippen LogP contribution in [-0.2, 0) is 0 Å². The van der Waals surface area contributed by atoms with E-state index in [0.29, 0.717) is 42.7 Å². The molecule has 6 heteroatoms. The maximum Gasteiger partial charge on any atom is 0.268 e. The first-order valence-electron chi connectivity index (χ1n) is 6.38. The molecule has 1 N–H and O–H groups in total. The van der Waals surface area contributed by atoms with E-state index in [4.69, 9.17) is 9.47 Å². The molecule has 0 radical (unpaired) electrons. The molecule has 2 aliphatic rings. The molecule has 19 heavy (non-hydrogen) atoms. The van der Waals surface area contributed by atoms with Crippen LogP contribution in [0.1, 0.15) is 23.5 Å². The third-order valence-electron chi connectivity index (χ3n) is 3.85. The molecule has 0 bridgehead atoms. The number of carbonyl (C=O) groups excluding carboxylic acids is 1. The van der Waals surface area contributed by atoms with Crippen LogP contribution in [0.15, 0.2) is 5.38 Å². The number of thiophene rings is 1. The second-order valence-electron chi connectivity index (χ2n) is 5.40. The summed E-state index contributed by atoms with van der Waals surface area (Å²) in [6.07, 6.45) is 0. The molecule has 1 aromatic heterocycles. The number of hydrogen-bond acceptors (Lipinski definition) is 5. The predicted molar refractivity (Wildman–Crippen MR) is 71.0 cm³/mol. The first-order chi connectivity index (χ1) is 8.99. The van der Waals surface area contributed by atoms with Crippen molar-refractivity contribution in [1.29, 1.82) is 0 Å². The molecule has 1 amide bonds. The maximum absolute atomic E-state index is 12.5. The summed E-state index contributed by atoms with van der Waals surface area (Å²) in [5.74, 6) is 1.20. The third-order valence-corrected chi connectivity index (χ3v) is 4.78. The molecular formula is C13H17NO4S. The molecule has 0 aliphatic carbocycles. The fraction of sp³-hybridized carbons (Fsp3) is 0.615. The van der Waals surface area contributed by atoms with Gasteiger partial charge in [-0.25, -0.2) is 0 Å². The molecule has 0 saturated carbocycles. The summed E-state index contributed by atoms with van der Waals surface area (Å²) in [5, 5.41) is 12.0. The number of rotatable bonds is 1. The number of hydrogen-bond donors (Lipinski definition) is 1. The molecule has 1 saturated heterocycles. The van der Waals surface area contributed by atoms with E-state index in [-0.39, 0.29) is 11.8 Å². The van der Waals surface area contributed by atoms with E-state index >= 15 is 0 Å². The zero-order chi connectivity index (χ0) is 13.6. The summed E-state index contributed by atoms with van der Waals surface area (Å²) >= 11 is 1.34. The molecule has 3 heterocycles. The molecule has 0 aromatic carbocycles. The Labute approximate surface area is 115 Å². The van der Waals surface area contributed by atoms with Gasteiger partial charge in [0.2, 0.25) is 0 Å². The number of carbonyl (C=O) groups is 1. The Kier molecular flexibility index (Phi) is 2.94. The van der Waals surface area contributed by atoms with Crippen molar-refractivity contribution in [2.45, 2.75) is 19.4 Å². The van der Waals surface area contributed by atoms with E-state index in [1.165, 1.54) is 11.3 Å². The van der Waals surface area contributed by atoms with Gasteiger partial charge >= 0.3 is 0 Å². The second-order valence-corrected chi connectivity index (χ2v) is 6.28. The lowest BCUT2D eigenvalue weighted by atomic mass is 9.95. The smallest absolute Gasteiger partial charge is 0.268 e. The van der Waals surface area contributed by atoms with Gasteiger partial charge in [0.15, 0.2) is 11.5 Å². The van der Waals surface area contributed by atoms with E-state index in [0.717, 1.165) is 0 Å². The van der Waals surface area contributed by atoms with Crippen molar-refractivity contribution in [3.05, 3.63) is 10.3 Å². The summed E-state index contributed by atoms with van der Waals surface area (Å²) in [5.41, 5.74) is -0.815. The molecule has 1 aromatic rings. The SMILES string of the molecule is C[C@@H]1CN(C(=O)c2scc3c2OCCO3)C[C@]1(C)O. The lowest BCUT2D eigenvalue weighted by molar-refractivity contribution is 0.0351. The van der Waals surface area contributed by atoms with Crippen LogP contribution in [0.25, 0.3) is 0 Å². The van der Waals surface area contributed by atoms with E-state index in [9.17, 15) is 9.90 Å². The van der Waals surface area contributed by atoms with Crippen molar-refractivity contribution in [3.8, 4) is 11.5 Å². The zero-order valence-electron chi connectivity index (χ0n) is 11.0. The maximum atomic E-state index is 12.5. The Morgan fingerprint density at radius 2 is 2.26 bits per heavy atom. The van der Waals surface area contributed by atoms with Gasteiger partial charge in [-0.15, -0.1) is 11.3 Å². The summed E-state index contributed by atoms with van der Waals surface area (Å²) in [7, 11) is 0. The zero-order valence-corrected chi connectivity index (χ0v) is 11.8. The summed E-state index contributed by atoms with van der Waals surface area (Å²) in [4.78, 5) is 14.8. The van der Waals surface area contributed by atoms with Gasteiger partial charge in [-0.1, -0.05) is 6.92 Å². The lowest BCUT2D eigenvalue weighted by Gasteiger charge is -2.21. The van der Waals surface area contributed by atoms with E-state index in [1.807, 2.05) is 6.92 Å². The molecule has 3 rings (SSSR count). The standard InChI is InChI=1S/C13H17NO4S/c1-8-5-14(7-13(8,2)16)12(15)11-10-9(6-19-11)17-3-4-18-10/h6,8,16H,3-5,7H2,1-2H3/t8-,13+/m1/s1. The van der Waals surface area contributed by atoms with Crippen molar-refractivity contribution in [3.63, 3.8) is 0 Å². The Morgan fingerprint density at radius 3 is 2.95 bits per heavy atom. The van der Waals surface area contributed by atoms with E-state index < -0.39 is 5.60 Å². The molecule has 2 atom stereocenters. The van der Waals surface area contributed by atoms with Crippen LogP contribution in [0.5, 0.6) is 11.5 Å². The molecule has 104 valence electrons. The van der Waals surface area contributed by atoms with Crippen LogP contribution in [0, 0.1) is 5.92 Å². The third kappa shape index (κ3) is 2.08. The normalized spacial score (nSPS) is 29.6. The minimum atomic E-state index is -0.815. The fourth-order valence-corrected chi connectivity index (χ4v) is 3.34. The van der Waals surface area contributed by atoms with Gasteiger partial charge in [0, 0.05) is 24.4 Å². The van der Waals surface area contributed by atoms with Gasteiger partial charge in [0.1, 0.15) is 18.1 Å². The average Bonchev–Trinajstić information content (AvgIpc) is 2.91. The number of ether oxygens (including phenoxy) is 2.